The molecule has 2 atom stereocenters. The maximum Gasteiger partial charge on any atom is 0.302 e. The third-order valence-corrected chi connectivity index (χ3v) is 6.19. The number of nitrogens with one attached hydrogen (secondary N) is 2. The molecular weight excluding hydrogens is 430 g/mol. The van der Waals surface area contributed by atoms with Gasteiger partial charge in [-0.2, -0.15) is 10.1 Å². The summed E-state index contributed by atoms with van der Waals surface area (Å²) in [6.45, 7) is 1.82. The largest absolute Gasteiger partial charge is 0.423 e. The van der Waals surface area contributed by atoms with E-state index in [0.717, 1.165) is 31.2 Å². The van der Waals surface area contributed by atoms with Crippen molar-refractivity contribution < 1.29 is 9.21 Å². The molecule has 1 aromatic carbocycles. The molecule has 0 spiro atoms. The van der Waals surface area contributed by atoms with E-state index < -0.39 is 12.0 Å². The van der Waals surface area contributed by atoms with E-state index in [1.165, 1.54) is 0 Å². The molecular formula is C22H24ClN7O2. The van der Waals surface area contributed by atoms with Crippen LogP contribution in [0.3, 0.4) is 0 Å². The summed E-state index contributed by atoms with van der Waals surface area (Å²) in [5.41, 5.74) is 2.54. The van der Waals surface area contributed by atoms with Gasteiger partial charge >= 0.3 is 6.01 Å². The Morgan fingerprint density at radius 3 is 2.75 bits per heavy atom. The Balaban J connectivity index is 1.47. The smallest absolute Gasteiger partial charge is 0.302 e. The Morgan fingerprint density at radius 1 is 1.25 bits per heavy atom. The van der Waals surface area contributed by atoms with Crippen LogP contribution >= 0.6 is 11.6 Å². The topological polar surface area (TPSA) is 110 Å². The molecule has 0 radical (unpaired) electrons. The van der Waals surface area contributed by atoms with E-state index in [9.17, 15) is 4.79 Å². The van der Waals surface area contributed by atoms with Crippen molar-refractivity contribution in [2.45, 2.75) is 44.7 Å². The predicted octanol–water partition coefficient (Wildman–Crippen LogP) is 3.87. The van der Waals surface area contributed by atoms with Crippen LogP contribution in [0, 0.1) is 5.92 Å². The number of nitrogens with zero attached hydrogens (tertiary/aromatic N) is 5. The minimum absolute atomic E-state index is 0.102. The van der Waals surface area contributed by atoms with Crippen molar-refractivity contribution in [2.75, 3.05) is 5.32 Å². The third-order valence-electron chi connectivity index (χ3n) is 5.90. The number of aromatic nitrogens is 3. The van der Waals surface area contributed by atoms with Crippen molar-refractivity contribution in [1.29, 1.82) is 0 Å². The van der Waals surface area contributed by atoms with Crippen LogP contribution in [0.1, 0.15) is 44.3 Å². The Hall–Kier alpha value is -3.20. The van der Waals surface area contributed by atoms with Crippen molar-refractivity contribution in [3.8, 4) is 0 Å². The molecule has 2 aromatic heterocycles. The van der Waals surface area contributed by atoms with Crippen molar-refractivity contribution in [1.82, 2.24) is 20.1 Å². The first kappa shape index (κ1) is 20.7. The number of oxazole rings is 1. The number of anilines is 1. The van der Waals surface area contributed by atoms with Gasteiger partial charge in [0.05, 0.1) is 5.02 Å². The van der Waals surface area contributed by atoms with Gasteiger partial charge in [-0.1, -0.05) is 36.6 Å². The number of carbonyl (C=O) groups excluding carboxylic acids is 1. The molecule has 3 heterocycles. The minimum Gasteiger partial charge on any atom is -0.423 e. The highest BCUT2D eigenvalue weighted by atomic mass is 35.5. The van der Waals surface area contributed by atoms with Crippen molar-refractivity contribution in [3.63, 3.8) is 0 Å². The quantitative estimate of drug-likeness (QED) is 0.623. The summed E-state index contributed by atoms with van der Waals surface area (Å²) >= 11 is 6.45. The van der Waals surface area contributed by atoms with E-state index in [1.54, 1.807) is 17.9 Å². The summed E-state index contributed by atoms with van der Waals surface area (Å²) in [6.07, 6.45) is 5.96. The SMILES string of the molecule is CC1=NC(Nc2nc3ccccc3o2)=NC(c2nn(C)cc2Cl)C1C(=O)NC1CCCC1. The highest BCUT2D eigenvalue weighted by Crippen LogP contribution is 2.35. The number of guanidine groups is 1. The average molecular weight is 454 g/mol. The zero-order valence-corrected chi connectivity index (χ0v) is 18.6. The molecule has 10 heteroatoms. The fourth-order valence-corrected chi connectivity index (χ4v) is 4.66. The van der Waals surface area contributed by atoms with Gasteiger partial charge in [-0.05, 0) is 31.9 Å². The van der Waals surface area contributed by atoms with Crippen LogP contribution in [0.2, 0.25) is 5.02 Å². The number of carbonyl (C=O) groups is 1. The average Bonchev–Trinajstić information content (AvgIpc) is 3.47. The van der Waals surface area contributed by atoms with Crippen LogP contribution in [0.15, 0.2) is 44.9 Å². The number of fused-ring (bicyclic) bond motifs is 1. The number of aliphatic imine (C=N–C) groups is 2. The first-order valence-corrected chi connectivity index (χ1v) is 11.1. The van der Waals surface area contributed by atoms with Gasteiger partial charge < -0.3 is 9.73 Å². The number of rotatable bonds is 4. The van der Waals surface area contributed by atoms with Crippen LogP contribution in [0.5, 0.6) is 0 Å². The summed E-state index contributed by atoms with van der Waals surface area (Å²) in [4.78, 5) is 26.9. The maximum atomic E-state index is 13.3. The lowest BCUT2D eigenvalue weighted by Crippen LogP contribution is -2.44. The number of aryl methyl sites for hydroxylation is 1. The first-order chi connectivity index (χ1) is 15.5. The molecule has 1 amide bonds. The molecule has 1 aliphatic carbocycles. The molecule has 2 aliphatic rings. The number of benzene rings is 1. The molecule has 5 rings (SSSR count). The van der Waals surface area contributed by atoms with E-state index in [-0.39, 0.29) is 18.0 Å². The van der Waals surface area contributed by atoms with Gasteiger partial charge in [0.2, 0.25) is 11.9 Å². The molecule has 2 unspecified atom stereocenters. The Kier molecular flexibility index (Phi) is 5.42. The van der Waals surface area contributed by atoms with E-state index in [4.69, 9.17) is 21.0 Å². The summed E-state index contributed by atoms with van der Waals surface area (Å²) in [7, 11) is 1.79. The second-order valence-corrected chi connectivity index (χ2v) is 8.67. The van der Waals surface area contributed by atoms with Crippen molar-refractivity contribution in [2.24, 2.45) is 23.0 Å². The van der Waals surface area contributed by atoms with E-state index in [0.29, 0.717) is 28.0 Å². The molecule has 2 N–H and O–H groups in total. The monoisotopic (exact) mass is 453 g/mol. The predicted molar refractivity (Wildman–Crippen MR) is 123 cm³/mol. The molecule has 3 aromatic rings. The lowest BCUT2D eigenvalue weighted by molar-refractivity contribution is -0.124. The third kappa shape index (κ3) is 4.00. The normalized spacial score (nSPS) is 21.5. The zero-order valence-electron chi connectivity index (χ0n) is 17.9. The van der Waals surface area contributed by atoms with E-state index >= 15 is 0 Å². The van der Waals surface area contributed by atoms with Gasteiger partial charge in [-0.15, -0.1) is 0 Å². The molecule has 0 saturated heterocycles. The lowest BCUT2D eigenvalue weighted by atomic mass is 9.90. The van der Waals surface area contributed by atoms with Crippen molar-refractivity contribution >= 4 is 46.3 Å². The summed E-state index contributed by atoms with van der Waals surface area (Å²) < 4.78 is 7.36. The number of hydrogen-bond acceptors (Lipinski definition) is 7. The highest BCUT2D eigenvalue weighted by molar-refractivity contribution is 6.31. The van der Waals surface area contributed by atoms with E-state index in [1.807, 2.05) is 31.2 Å². The van der Waals surface area contributed by atoms with Gasteiger partial charge in [0.15, 0.2) is 5.58 Å². The Bertz CT molecular complexity index is 1190. The standard InChI is InChI=1S/C22H24ClN7O2/c1-12-17(20(31)25-13-7-3-4-8-13)19(18-14(23)11-30(2)29-18)27-21(24-12)28-22-26-15-9-5-6-10-16(15)32-22/h5-6,9-11,13,17,19H,3-4,7-8H2,1-2H3,(H,25,31)(H,26,27,28). The summed E-state index contributed by atoms with van der Waals surface area (Å²) in [6, 6.07) is 7.33. The number of halogens is 1. The molecule has 0 bridgehead atoms. The molecule has 166 valence electrons. The Labute approximate surface area is 190 Å². The zero-order chi connectivity index (χ0) is 22.2. The fraction of sp³-hybridized carbons (Fsp3) is 0.409. The van der Waals surface area contributed by atoms with E-state index in [2.05, 4.69) is 25.7 Å². The summed E-state index contributed by atoms with van der Waals surface area (Å²) in [5.74, 6) is -0.405. The lowest BCUT2D eigenvalue weighted by Gasteiger charge is -2.27. The molecule has 9 nitrogen and oxygen atoms in total. The second kappa shape index (κ2) is 8.38. The fourth-order valence-electron chi connectivity index (χ4n) is 4.37. The number of para-hydroxylation sites is 2. The van der Waals surface area contributed by atoms with Crippen LogP contribution in [0.4, 0.5) is 6.01 Å². The number of hydrogen-bond donors (Lipinski definition) is 2. The number of amides is 1. The van der Waals surface area contributed by atoms with Gasteiger partial charge in [0.25, 0.3) is 0 Å². The first-order valence-electron chi connectivity index (χ1n) is 10.7. The molecule has 1 fully saturated rings. The molecule has 32 heavy (non-hydrogen) atoms. The second-order valence-electron chi connectivity index (χ2n) is 8.27. The van der Waals surface area contributed by atoms with Crippen LogP contribution in [-0.4, -0.2) is 38.4 Å². The molecule has 1 saturated carbocycles. The van der Waals surface area contributed by atoms with Crippen LogP contribution in [-0.2, 0) is 11.8 Å². The van der Waals surface area contributed by atoms with Gasteiger partial charge in [-0.3, -0.25) is 14.8 Å². The minimum atomic E-state index is -0.616. The Morgan fingerprint density at radius 2 is 2.03 bits per heavy atom. The van der Waals surface area contributed by atoms with Gasteiger partial charge in [-0.25, -0.2) is 9.98 Å². The maximum absolute atomic E-state index is 13.3. The van der Waals surface area contributed by atoms with Crippen LogP contribution < -0.4 is 10.6 Å². The summed E-state index contributed by atoms with van der Waals surface area (Å²) in [5, 5.41) is 11.1. The molecule has 1 aliphatic heterocycles. The van der Waals surface area contributed by atoms with Gasteiger partial charge in [0, 0.05) is 25.0 Å². The highest BCUT2D eigenvalue weighted by Gasteiger charge is 2.39. The van der Waals surface area contributed by atoms with Crippen LogP contribution in [0.25, 0.3) is 11.1 Å². The van der Waals surface area contributed by atoms with Gasteiger partial charge in [0.1, 0.15) is 23.2 Å². The van der Waals surface area contributed by atoms with Crippen molar-refractivity contribution in [3.05, 3.63) is 41.2 Å².